The summed E-state index contributed by atoms with van der Waals surface area (Å²) >= 11 is 0. The summed E-state index contributed by atoms with van der Waals surface area (Å²) in [6, 6.07) is 6.04. The number of nitrogens with one attached hydrogen (secondary N) is 1. The van der Waals surface area contributed by atoms with Crippen LogP contribution in [0.4, 0.5) is 26.3 Å². The number of hydrogen-bond acceptors (Lipinski definition) is 5. The van der Waals surface area contributed by atoms with Crippen molar-refractivity contribution in [2.24, 2.45) is 0 Å². The highest BCUT2D eigenvalue weighted by atomic mass is 32.2. The van der Waals surface area contributed by atoms with E-state index in [0.717, 1.165) is 6.26 Å². The van der Waals surface area contributed by atoms with Gasteiger partial charge < -0.3 is 15.3 Å². The monoisotopic (exact) mass is 524 g/mol. The van der Waals surface area contributed by atoms with Crippen LogP contribution in [-0.4, -0.2) is 48.8 Å². The van der Waals surface area contributed by atoms with Gasteiger partial charge in [0, 0.05) is 30.9 Å². The Labute approximate surface area is 195 Å². The molecule has 190 valence electrons. The number of benzene rings is 2. The Hall–Kier alpha value is -3.13. The molecular weight excluding hydrogens is 506 g/mol. The van der Waals surface area contributed by atoms with E-state index in [1.807, 2.05) is 0 Å². The van der Waals surface area contributed by atoms with Crippen LogP contribution >= 0.6 is 0 Å². The van der Waals surface area contributed by atoms with E-state index < -0.39 is 51.3 Å². The fourth-order valence-corrected chi connectivity index (χ4v) is 4.34. The average Bonchev–Trinajstić information content (AvgIpc) is 3.09. The van der Waals surface area contributed by atoms with Crippen molar-refractivity contribution in [2.45, 2.75) is 42.5 Å². The number of alkyl halides is 6. The maximum absolute atomic E-state index is 13.1. The third-order valence-corrected chi connectivity index (χ3v) is 6.66. The zero-order valence-electron chi connectivity index (χ0n) is 18.0. The molecule has 14 heteroatoms. The number of halogens is 6. The van der Waals surface area contributed by atoms with E-state index in [0.29, 0.717) is 35.4 Å². The van der Waals surface area contributed by atoms with Crippen molar-refractivity contribution in [1.82, 2.24) is 10.2 Å². The number of fused-ring (bicyclic) bond motifs is 1. The predicted molar refractivity (Wildman–Crippen MR) is 108 cm³/mol. The maximum Gasteiger partial charge on any atom is 0.430 e. The minimum atomic E-state index is -6.07. The summed E-state index contributed by atoms with van der Waals surface area (Å²) < 4.78 is 102. The molecule has 2 aromatic carbocycles. The van der Waals surface area contributed by atoms with E-state index >= 15 is 0 Å². The molecule has 0 radical (unpaired) electrons. The van der Waals surface area contributed by atoms with E-state index in [4.69, 9.17) is 0 Å². The van der Waals surface area contributed by atoms with Gasteiger partial charge >= 0.3 is 12.4 Å². The fourth-order valence-electron chi connectivity index (χ4n) is 3.67. The smallest absolute Gasteiger partial charge is 0.369 e. The molecule has 2 N–H and O–H groups in total. The molecule has 0 fully saturated rings. The van der Waals surface area contributed by atoms with Crippen molar-refractivity contribution >= 4 is 21.7 Å². The molecule has 0 saturated heterocycles. The van der Waals surface area contributed by atoms with E-state index in [2.05, 4.69) is 5.32 Å². The second kappa shape index (κ2) is 8.52. The topological polar surface area (TPSA) is 104 Å². The first kappa shape index (κ1) is 26.5. The number of amides is 2. The predicted octanol–water partition coefficient (Wildman–Crippen LogP) is 3.19. The normalized spacial score (nSPS) is 16.7. The first-order valence-corrected chi connectivity index (χ1v) is 11.6. The standard InChI is InChI=1S/C21H18F6N2O5S/c1-11(30)29-10-13-9-15(35(2,33)34)7-8-16(13)17(29)28-18(31)12-3-5-14(6-4-12)19(32,20(22,23)24)21(25,26)27/h3-9,17,32H,10H2,1-2H3,(H,28,31). The molecule has 1 aliphatic rings. The molecule has 2 aromatic rings. The molecule has 1 atom stereocenters. The number of nitrogens with zero attached hydrogens (tertiary/aromatic N) is 1. The van der Waals surface area contributed by atoms with E-state index in [9.17, 15) is 49.5 Å². The van der Waals surface area contributed by atoms with Crippen molar-refractivity contribution in [1.29, 1.82) is 0 Å². The fraction of sp³-hybridized carbons (Fsp3) is 0.333. The van der Waals surface area contributed by atoms with Crippen LogP contribution in [0.2, 0.25) is 0 Å². The molecule has 0 bridgehead atoms. The van der Waals surface area contributed by atoms with E-state index in [-0.39, 0.29) is 17.0 Å². The highest BCUT2D eigenvalue weighted by Crippen LogP contribution is 2.50. The largest absolute Gasteiger partial charge is 0.430 e. The lowest BCUT2D eigenvalue weighted by Crippen LogP contribution is -2.53. The van der Waals surface area contributed by atoms with Crippen molar-refractivity contribution in [3.63, 3.8) is 0 Å². The summed E-state index contributed by atoms with van der Waals surface area (Å²) in [5.74, 6) is -1.42. The van der Waals surface area contributed by atoms with Gasteiger partial charge in [-0.15, -0.1) is 0 Å². The van der Waals surface area contributed by atoms with E-state index in [1.54, 1.807) is 0 Å². The molecule has 3 rings (SSSR count). The van der Waals surface area contributed by atoms with Crippen LogP contribution in [0.15, 0.2) is 47.4 Å². The van der Waals surface area contributed by atoms with Gasteiger partial charge in [0.1, 0.15) is 6.17 Å². The van der Waals surface area contributed by atoms with Crippen molar-refractivity contribution in [3.8, 4) is 0 Å². The molecule has 1 unspecified atom stereocenters. The lowest BCUT2D eigenvalue weighted by Gasteiger charge is -2.32. The molecule has 1 aliphatic heterocycles. The van der Waals surface area contributed by atoms with Crippen LogP contribution in [0.3, 0.4) is 0 Å². The highest BCUT2D eigenvalue weighted by molar-refractivity contribution is 7.90. The number of sulfone groups is 1. The number of rotatable bonds is 4. The van der Waals surface area contributed by atoms with Crippen molar-refractivity contribution < 1.29 is 49.5 Å². The first-order chi connectivity index (χ1) is 15.9. The van der Waals surface area contributed by atoms with Crippen LogP contribution in [0, 0.1) is 0 Å². The zero-order chi connectivity index (χ0) is 26.6. The number of carbonyl (C=O) groups is 2. The van der Waals surface area contributed by atoms with Crippen LogP contribution in [0.1, 0.15) is 40.1 Å². The number of hydrogen-bond donors (Lipinski definition) is 2. The second-order valence-corrected chi connectivity index (χ2v) is 9.95. The van der Waals surface area contributed by atoms with Crippen molar-refractivity contribution in [2.75, 3.05) is 6.26 Å². The Morgan fingerprint density at radius 2 is 1.54 bits per heavy atom. The van der Waals surface area contributed by atoms with Gasteiger partial charge in [0.25, 0.3) is 11.5 Å². The Balaban J connectivity index is 1.92. The average molecular weight is 524 g/mol. The van der Waals surface area contributed by atoms with Gasteiger partial charge in [-0.25, -0.2) is 8.42 Å². The Morgan fingerprint density at radius 1 is 1.00 bits per heavy atom. The summed E-state index contributed by atoms with van der Waals surface area (Å²) in [5, 5.41) is 11.9. The minimum absolute atomic E-state index is 0.0101. The molecule has 1 heterocycles. The number of carbonyl (C=O) groups excluding carboxylic acids is 2. The van der Waals surface area contributed by atoms with Crippen LogP contribution in [0.25, 0.3) is 0 Å². The summed E-state index contributed by atoms with van der Waals surface area (Å²) in [7, 11) is -3.55. The van der Waals surface area contributed by atoms with Crippen LogP contribution in [0.5, 0.6) is 0 Å². The minimum Gasteiger partial charge on any atom is -0.369 e. The van der Waals surface area contributed by atoms with Gasteiger partial charge in [-0.1, -0.05) is 18.2 Å². The number of aliphatic hydroxyl groups is 1. The molecule has 7 nitrogen and oxygen atoms in total. The highest BCUT2D eigenvalue weighted by Gasteiger charge is 2.71. The third kappa shape index (κ3) is 4.72. The quantitative estimate of drug-likeness (QED) is 0.598. The SMILES string of the molecule is CC(=O)N1Cc2cc(S(C)(=O)=O)ccc2C1NC(=O)c1ccc(C(O)(C(F)(F)F)C(F)(F)F)cc1. The second-order valence-electron chi connectivity index (χ2n) is 7.94. The third-order valence-electron chi connectivity index (χ3n) is 5.55. The molecule has 0 aliphatic carbocycles. The summed E-state index contributed by atoms with van der Waals surface area (Å²) in [6.07, 6.45) is -12.2. The van der Waals surface area contributed by atoms with Crippen LogP contribution in [-0.2, 0) is 26.8 Å². The Morgan fingerprint density at radius 3 is 2.00 bits per heavy atom. The van der Waals surface area contributed by atoms with Gasteiger partial charge in [-0.2, -0.15) is 26.3 Å². The maximum atomic E-state index is 13.1. The van der Waals surface area contributed by atoms with Gasteiger partial charge in [0.15, 0.2) is 9.84 Å². The van der Waals surface area contributed by atoms with Gasteiger partial charge in [0.2, 0.25) is 5.91 Å². The lowest BCUT2D eigenvalue weighted by molar-refractivity contribution is -0.376. The Kier molecular flexibility index (Phi) is 6.44. The van der Waals surface area contributed by atoms with Gasteiger partial charge in [-0.05, 0) is 35.4 Å². The summed E-state index contributed by atoms with van der Waals surface area (Å²) in [6.45, 7) is 1.16. The van der Waals surface area contributed by atoms with Gasteiger partial charge in [-0.3, -0.25) is 9.59 Å². The molecular formula is C21H18F6N2O5S. The molecule has 2 amide bonds. The lowest BCUT2D eigenvalue weighted by atomic mass is 9.91. The molecule has 0 saturated carbocycles. The van der Waals surface area contributed by atoms with Crippen molar-refractivity contribution in [3.05, 3.63) is 64.7 Å². The molecule has 0 aromatic heterocycles. The summed E-state index contributed by atoms with van der Waals surface area (Å²) in [4.78, 5) is 26.0. The Bertz CT molecular complexity index is 1260. The first-order valence-electron chi connectivity index (χ1n) is 9.75. The van der Waals surface area contributed by atoms with Crippen LogP contribution < -0.4 is 5.32 Å². The zero-order valence-corrected chi connectivity index (χ0v) is 18.8. The summed E-state index contributed by atoms with van der Waals surface area (Å²) in [5.41, 5.74) is -6.18. The van der Waals surface area contributed by atoms with E-state index in [1.165, 1.54) is 30.0 Å². The molecule has 35 heavy (non-hydrogen) atoms. The molecule has 0 spiro atoms. The van der Waals surface area contributed by atoms with Gasteiger partial charge in [0.05, 0.1) is 4.90 Å².